The summed E-state index contributed by atoms with van der Waals surface area (Å²) in [5.74, 6) is -0.859. The summed E-state index contributed by atoms with van der Waals surface area (Å²) in [5.41, 5.74) is 5.57. The number of nitrogens with zero attached hydrogens (tertiary/aromatic N) is 1. The topological polar surface area (TPSA) is 191 Å². The summed E-state index contributed by atoms with van der Waals surface area (Å²) in [7, 11) is 0. The van der Waals surface area contributed by atoms with Crippen molar-refractivity contribution >= 4 is 50.8 Å². The highest BCUT2D eigenvalue weighted by atomic mass is 16.4. The fourth-order valence-electron chi connectivity index (χ4n) is 10.8. The third kappa shape index (κ3) is 9.92. The Labute approximate surface area is 372 Å². The van der Waals surface area contributed by atoms with Crippen molar-refractivity contribution in [1.29, 1.82) is 0 Å². The van der Waals surface area contributed by atoms with Crippen LogP contribution in [0.25, 0.3) is 32.9 Å². The van der Waals surface area contributed by atoms with Gasteiger partial charge in [0.1, 0.15) is 34.0 Å². The second-order valence-electron chi connectivity index (χ2n) is 18.5. The number of carbonyl (C=O) groups is 3. The van der Waals surface area contributed by atoms with Crippen molar-refractivity contribution in [3.63, 3.8) is 0 Å². The lowest BCUT2D eigenvalue weighted by molar-refractivity contribution is -0.144. The zero-order valence-electron chi connectivity index (χ0n) is 36.4. The highest BCUT2D eigenvalue weighted by molar-refractivity contribution is 5.84. The molecule has 0 amide bonds. The molecule has 3 aromatic heterocycles. The standard InChI is InChI=1S/C51H60N4O9/c56-49(57)40(31-16-19-52-25-31)13-10-37-22-43-34(4-1-7-46(43)62-37)28-55(29-35-5-2-8-47-44(35)23-38(63-47)11-14-41(50(58)59)32-17-20-53-26-32)30-36-6-3-9-48-45(36)24-39(64-48)12-15-42(51(60)61)33-18-21-54-27-33/h1-9,22-24,31-33,40-42,52-54H,10-21,25-30H2,(H,56,57)(H,58,59)(H,60,61)/t31-,32-,33-,40-,41-,42-/m0/s1. The average Bonchev–Trinajstić information content (AvgIpc) is 4.12. The van der Waals surface area contributed by atoms with Gasteiger partial charge < -0.3 is 44.5 Å². The number of hydrogen-bond donors (Lipinski definition) is 6. The molecule has 0 saturated carbocycles. The van der Waals surface area contributed by atoms with Gasteiger partial charge in [-0.05, 0) is 149 Å². The second-order valence-corrected chi connectivity index (χ2v) is 18.5. The fourth-order valence-corrected chi connectivity index (χ4v) is 10.8. The Morgan fingerprint density at radius 1 is 0.516 bits per heavy atom. The van der Waals surface area contributed by atoms with E-state index in [0.29, 0.717) is 58.2 Å². The number of carboxylic acids is 3. The van der Waals surface area contributed by atoms with Crippen LogP contribution in [0, 0.1) is 35.5 Å². The predicted molar refractivity (Wildman–Crippen MR) is 243 cm³/mol. The van der Waals surface area contributed by atoms with E-state index in [1.165, 1.54) is 0 Å². The zero-order chi connectivity index (χ0) is 44.2. The first kappa shape index (κ1) is 43.8. The molecule has 0 unspecified atom stereocenters. The van der Waals surface area contributed by atoms with Gasteiger partial charge in [0.05, 0.1) is 17.8 Å². The minimum absolute atomic E-state index is 0.116. The number of hydrogen-bond acceptors (Lipinski definition) is 10. The maximum absolute atomic E-state index is 12.3. The molecule has 6 N–H and O–H groups in total. The lowest BCUT2D eigenvalue weighted by Crippen LogP contribution is -2.26. The lowest BCUT2D eigenvalue weighted by Gasteiger charge is -2.24. The van der Waals surface area contributed by atoms with Crippen LogP contribution in [0.1, 0.15) is 72.5 Å². The van der Waals surface area contributed by atoms with Crippen LogP contribution in [0.5, 0.6) is 0 Å². The van der Waals surface area contributed by atoms with E-state index in [-0.39, 0.29) is 17.8 Å². The minimum atomic E-state index is -0.752. The maximum Gasteiger partial charge on any atom is 0.306 e. The van der Waals surface area contributed by atoms with E-state index >= 15 is 0 Å². The minimum Gasteiger partial charge on any atom is -0.481 e. The second kappa shape index (κ2) is 19.7. The van der Waals surface area contributed by atoms with E-state index in [0.717, 1.165) is 125 Å². The number of fused-ring (bicyclic) bond motifs is 3. The summed E-state index contributed by atoms with van der Waals surface area (Å²) in [6.45, 7) is 6.47. The van der Waals surface area contributed by atoms with Crippen LogP contribution in [0.3, 0.4) is 0 Å². The third-order valence-corrected chi connectivity index (χ3v) is 14.3. The Bertz CT molecular complexity index is 2290. The lowest BCUT2D eigenvalue weighted by atomic mass is 9.87. The first-order chi connectivity index (χ1) is 31.2. The molecule has 0 radical (unpaired) electrons. The van der Waals surface area contributed by atoms with Crippen LogP contribution in [-0.2, 0) is 53.3 Å². The van der Waals surface area contributed by atoms with Gasteiger partial charge in [-0.1, -0.05) is 36.4 Å². The van der Waals surface area contributed by atoms with E-state index < -0.39 is 35.7 Å². The molecule has 0 spiro atoms. The van der Waals surface area contributed by atoms with Gasteiger partial charge >= 0.3 is 17.9 Å². The number of aliphatic carboxylic acids is 3. The van der Waals surface area contributed by atoms with Crippen LogP contribution in [0.2, 0.25) is 0 Å². The molecule has 6 atom stereocenters. The number of furan rings is 3. The third-order valence-electron chi connectivity index (χ3n) is 14.3. The molecule has 3 aliphatic heterocycles. The van der Waals surface area contributed by atoms with Crippen molar-refractivity contribution in [2.75, 3.05) is 39.3 Å². The quantitative estimate of drug-likeness (QED) is 0.0410. The molecular formula is C51H60N4O9. The Morgan fingerprint density at radius 3 is 1.09 bits per heavy atom. The van der Waals surface area contributed by atoms with Gasteiger partial charge in [0, 0.05) is 55.1 Å². The van der Waals surface area contributed by atoms with Crippen molar-refractivity contribution in [3.05, 3.63) is 107 Å². The summed E-state index contributed by atoms with van der Waals surface area (Å²) in [5, 5.41) is 43.1. The Morgan fingerprint density at radius 2 is 0.828 bits per heavy atom. The molecule has 3 aliphatic rings. The van der Waals surface area contributed by atoms with E-state index in [9.17, 15) is 29.7 Å². The first-order valence-corrected chi connectivity index (χ1v) is 23.2. The molecule has 3 fully saturated rings. The van der Waals surface area contributed by atoms with Gasteiger partial charge in [0.25, 0.3) is 0 Å². The molecule has 6 heterocycles. The van der Waals surface area contributed by atoms with Crippen LogP contribution in [-0.4, -0.2) is 77.4 Å². The molecule has 3 aromatic carbocycles. The highest BCUT2D eigenvalue weighted by Crippen LogP contribution is 2.34. The highest BCUT2D eigenvalue weighted by Gasteiger charge is 2.33. The van der Waals surface area contributed by atoms with Crippen molar-refractivity contribution < 1.29 is 43.0 Å². The first-order valence-electron chi connectivity index (χ1n) is 23.2. The summed E-state index contributed by atoms with van der Waals surface area (Å²) < 4.78 is 19.1. The molecule has 0 aliphatic carbocycles. The Balaban J connectivity index is 0.991. The number of carboxylic acid groups (broad SMARTS) is 3. The number of rotatable bonds is 21. The Hall–Kier alpha value is -5.47. The van der Waals surface area contributed by atoms with Gasteiger partial charge in [0.15, 0.2) is 0 Å². The Kier molecular flexibility index (Phi) is 13.5. The van der Waals surface area contributed by atoms with Crippen LogP contribution in [0.4, 0.5) is 0 Å². The van der Waals surface area contributed by atoms with Crippen molar-refractivity contribution in [3.8, 4) is 0 Å². The van der Waals surface area contributed by atoms with Crippen molar-refractivity contribution in [2.24, 2.45) is 35.5 Å². The van der Waals surface area contributed by atoms with E-state index in [1.54, 1.807) is 0 Å². The number of benzene rings is 3. The normalized spacial score (nSPS) is 20.5. The van der Waals surface area contributed by atoms with Crippen LogP contribution in [0.15, 0.2) is 86.0 Å². The fraction of sp³-hybridized carbons (Fsp3) is 0.471. The monoisotopic (exact) mass is 872 g/mol. The zero-order valence-corrected chi connectivity index (χ0v) is 36.4. The molecule has 0 bridgehead atoms. The van der Waals surface area contributed by atoms with Gasteiger partial charge in [-0.2, -0.15) is 0 Å². The number of nitrogens with one attached hydrogen (secondary N) is 3. The molecule has 13 heteroatoms. The molecule has 64 heavy (non-hydrogen) atoms. The molecule has 3 saturated heterocycles. The van der Waals surface area contributed by atoms with Crippen molar-refractivity contribution in [1.82, 2.24) is 20.9 Å². The van der Waals surface area contributed by atoms with E-state index in [1.807, 2.05) is 36.4 Å². The van der Waals surface area contributed by atoms with Crippen LogP contribution < -0.4 is 16.0 Å². The van der Waals surface area contributed by atoms with E-state index in [4.69, 9.17) is 13.3 Å². The maximum atomic E-state index is 12.3. The average molecular weight is 873 g/mol. The summed E-state index contributed by atoms with van der Waals surface area (Å²) in [6, 6.07) is 24.6. The number of aryl methyl sites for hydroxylation is 3. The molecular weight excluding hydrogens is 813 g/mol. The smallest absolute Gasteiger partial charge is 0.306 e. The van der Waals surface area contributed by atoms with Gasteiger partial charge in [-0.15, -0.1) is 0 Å². The largest absolute Gasteiger partial charge is 0.481 e. The summed E-state index contributed by atoms with van der Waals surface area (Å²) >= 11 is 0. The van der Waals surface area contributed by atoms with Crippen molar-refractivity contribution in [2.45, 2.75) is 77.4 Å². The van der Waals surface area contributed by atoms with Gasteiger partial charge in [0.2, 0.25) is 0 Å². The predicted octanol–water partition coefficient (Wildman–Crippen LogP) is 7.86. The summed E-state index contributed by atoms with van der Waals surface area (Å²) in [6.07, 6.45) is 5.76. The van der Waals surface area contributed by atoms with Crippen LogP contribution >= 0.6 is 0 Å². The molecule has 6 aromatic rings. The van der Waals surface area contributed by atoms with Gasteiger partial charge in [-0.25, -0.2) is 0 Å². The molecule has 9 rings (SSSR count). The molecule has 13 nitrogen and oxygen atoms in total. The molecule has 338 valence electrons. The summed E-state index contributed by atoms with van der Waals surface area (Å²) in [4.78, 5) is 39.2. The van der Waals surface area contributed by atoms with Gasteiger partial charge in [-0.3, -0.25) is 19.3 Å². The SMILES string of the molecule is O=C(O)[C@@H](CCc1cc2c(CN(Cc3cccc4oc(CC[C@H](C(=O)O)[C@H]5CCNC5)cc34)Cc3cccc4oc(CC[C@H](C(=O)O)[C@H]5CCNC5)cc34)cccc2o1)[C@H]1CCNC1. The van der Waals surface area contributed by atoms with E-state index in [2.05, 4.69) is 57.2 Å².